The molecule has 1 fully saturated rings. The summed E-state index contributed by atoms with van der Waals surface area (Å²) in [6.07, 6.45) is 2.48. The van der Waals surface area contributed by atoms with E-state index in [9.17, 15) is 14.9 Å². The highest BCUT2D eigenvalue weighted by atomic mass is 16.6. The molecule has 156 valence electrons. The Kier molecular flexibility index (Phi) is 5.03. The number of nitro groups is 1. The fraction of sp³-hybridized carbons (Fsp3) is 0.333. The lowest BCUT2D eigenvalue weighted by Gasteiger charge is -2.41. The summed E-state index contributed by atoms with van der Waals surface area (Å²) in [5.74, 6) is -1.20. The molecule has 9 nitrogen and oxygen atoms in total. The SMILES string of the molecule is COc1ccc(C2C([N+](=O)[O-])=C3NCCCN3C(=N)C2C(=O)c2cccn2C)cc1. The fourth-order valence-electron chi connectivity index (χ4n) is 4.27. The molecule has 1 aromatic carbocycles. The molecule has 0 radical (unpaired) electrons. The number of ketones is 1. The van der Waals surface area contributed by atoms with Gasteiger partial charge >= 0.3 is 0 Å². The number of rotatable bonds is 5. The first kappa shape index (κ1) is 19.7. The van der Waals surface area contributed by atoms with E-state index in [1.807, 2.05) is 0 Å². The van der Waals surface area contributed by atoms with Crippen LogP contribution in [0.1, 0.15) is 28.4 Å². The predicted octanol–water partition coefficient (Wildman–Crippen LogP) is 2.35. The zero-order valence-electron chi connectivity index (χ0n) is 16.8. The number of methoxy groups -OCH3 is 1. The lowest BCUT2D eigenvalue weighted by Crippen LogP contribution is -2.54. The summed E-state index contributed by atoms with van der Waals surface area (Å²) in [6.45, 7) is 1.05. The van der Waals surface area contributed by atoms with Crippen LogP contribution in [0.25, 0.3) is 0 Å². The van der Waals surface area contributed by atoms with E-state index in [2.05, 4.69) is 5.32 Å². The molecule has 2 atom stereocenters. The van der Waals surface area contributed by atoms with Crippen LogP contribution in [-0.4, -0.2) is 46.2 Å². The normalized spacial score (nSPS) is 21.1. The first-order chi connectivity index (χ1) is 14.4. The van der Waals surface area contributed by atoms with Gasteiger partial charge in [-0.1, -0.05) is 12.1 Å². The minimum atomic E-state index is -1.00. The Hall–Kier alpha value is -3.62. The molecule has 4 rings (SSSR count). The van der Waals surface area contributed by atoms with Gasteiger partial charge in [-0.05, 0) is 36.2 Å². The van der Waals surface area contributed by atoms with Crippen LogP contribution in [0.2, 0.25) is 0 Å². The molecule has 0 aliphatic carbocycles. The van der Waals surface area contributed by atoms with E-state index in [0.29, 0.717) is 35.9 Å². The smallest absolute Gasteiger partial charge is 0.294 e. The third-order valence-electron chi connectivity index (χ3n) is 5.73. The van der Waals surface area contributed by atoms with Crippen molar-refractivity contribution in [3.63, 3.8) is 0 Å². The molecule has 2 unspecified atom stereocenters. The Morgan fingerprint density at radius 1 is 1.30 bits per heavy atom. The summed E-state index contributed by atoms with van der Waals surface area (Å²) in [5, 5.41) is 24.1. The van der Waals surface area contributed by atoms with Crippen molar-refractivity contribution in [3.8, 4) is 5.75 Å². The van der Waals surface area contributed by atoms with Crippen LogP contribution >= 0.6 is 0 Å². The zero-order valence-corrected chi connectivity index (χ0v) is 16.8. The van der Waals surface area contributed by atoms with E-state index in [1.54, 1.807) is 66.2 Å². The van der Waals surface area contributed by atoms with Crippen molar-refractivity contribution in [2.75, 3.05) is 20.2 Å². The van der Waals surface area contributed by atoms with Gasteiger partial charge in [0.1, 0.15) is 11.6 Å². The number of aromatic nitrogens is 1. The number of nitrogens with one attached hydrogen (secondary N) is 2. The summed E-state index contributed by atoms with van der Waals surface area (Å²) in [6, 6.07) is 10.3. The Labute approximate surface area is 173 Å². The first-order valence-electron chi connectivity index (χ1n) is 9.72. The predicted molar refractivity (Wildman–Crippen MR) is 110 cm³/mol. The average Bonchev–Trinajstić information content (AvgIpc) is 3.19. The van der Waals surface area contributed by atoms with E-state index in [4.69, 9.17) is 10.1 Å². The van der Waals surface area contributed by atoms with Gasteiger partial charge in [0, 0.05) is 26.3 Å². The molecule has 1 aromatic heterocycles. The fourth-order valence-corrected chi connectivity index (χ4v) is 4.27. The van der Waals surface area contributed by atoms with Crippen LogP contribution in [-0.2, 0) is 7.05 Å². The van der Waals surface area contributed by atoms with Crippen LogP contribution in [0, 0.1) is 21.4 Å². The monoisotopic (exact) mass is 409 g/mol. The van der Waals surface area contributed by atoms with Crippen molar-refractivity contribution >= 4 is 11.6 Å². The highest BCUT2D eigenvalue weighted by molar-refractivity contribution is 6.12. The topological polar surface area (TPSA) is 113 Å². The van der Waals surface area contributed by atoms with Gasteiger partial charge in [-0.15, -0.1) is 0 Å². The standard InChI is InChI=1S/C21H23N5O4/c1-24-11-3-5-15(24)19(27)17-16(13-6-8-14(30-2)9-7-13)18(26(28)29)21-23-10-4-12-25(21)20(17)22/h3,5-9,11,16-17,22-23H,4,10,12H2,1-2H3. The number of carbonyl (C=O) groups excluding carboxylic acids is 1. The molecule has 0 amide bonds. The van der Waals surface area contributed by atoms with Gasteiger partial charge < -0.3 is 19.5 Å². The third-order valence-corrected chi connectivity index (χ3v) is 5.73. The molecule has 9 heteroatoms. The number of carbonyl (C=O) groups is 1. The minimum Gasteiger partial charge on any atom is -0.497 e. The molecule has 0 saturated carbocycles. The lowest BCUT2D eigenvalue weighted by molar-refractivity contribution is -0.434. The molecule has 2 aromatic rings. The lowest BCUT2D eigenvalue weighted by atomic mass is 9.76. The summed E-state index contributed by atoms with van der Waals surface area (Å²) in [5.41, 5.74) is 0.933. The summed E-state index contributed by atoms with van der Waals surface area (Å²) in [4.78, 5) is 26.9. The van der Waals surface area contributed by atoms with Crippen LogP contribution in [0.4, 0.5) is 0 Å². The quantitative estimate of drug-likeness (QED) is 0.445. The molecule has 2 N–H and O–H groups in total. The van der Waals surface area contributed by atoms with Gasteiger partial charge in [-0.3, -0.25) is 20.3 Å². The summed E-state index contributed by atoms with van der Waals surface area (Å²) >= 11 is 0. The Balaban J connectivity index is 1.92. The number of ether oxygens (including phenoxy) is 1. The Morgan fingerprint density at radius 2 is 2.03 bits per heavy atom. The number of Topliss-reactive ketones (excluding diaryl/α,β-unsaturated/α-hetero) is 1. The van der Waals surface area contributed by atoms with Gasteiger partial charge in [0.15, 0.2) is 11.6 Å². The molecule has 3 heterocycles. The van der Waals surface area contributed by atoms with Gasteiger partial charge in [-0.2, -0.15) is 0 Å². The van der Waals surface area contributed by atoms with Crippen molar-refractivity contribution in [1.82, 2.24) is 14.8 Å². The van der Waals surface area contributed by atoms with Crippen LogP contribution in [0.15, 0.2) is 54.1 Å². The van der Waals surface area contributed by atoms with Crippen LogP contribution < -0.4 is 10.1 Å². The van der Waals surface area contributed by atoms with Crippen molar-refractivity contribution in [2.45, 2.75) is 12.3 Å². The number of benzene rings is 1. The maximum absolute atomic E-state index is 13.6. The number of hydrogen-bond donors (Lipinski definition) is 2. The van der Waals surface area contributed by atoms with Crippen molar-refractivity contribution in [2.24, 2.45) is 13.0 Å². The number of allylic oxidation sites excluding steroid dienone is 1. The van der Waals surface area contributed by atoms with E-state index in [-0.39, 0.29) is 17.3 Å². The number of aryl methyl sites for hydroxylation is 1. The second-order valence-corrected chi connectivity index (χ2v) is 7.41. The molecule has 0 spiro atoms. The molecule has 2 aliphatic heterocycles. The minimum absolute atomic E-state index is 0.0785. The second-order valence-electron chi connectivity index (χ2n) is 7.41. The first-order valence-corrected chi connectivity index (χ1v) is 9.72. The Bertz CT molecular complexity index is 1040. The molecule has 1 saturated heterocycles. The molecular formula is C21H23N5O4. The van der Waals surface area contributed by atoms with Crippen molar-refractivity contribution < 1.29 is 14.5 Å². The summed E-state index contributed by atoms with van der Waals surface area (Å²) in [7, 11) is 3.29. The van der Waals surface area contributed by atoms with Crippen molar-refractivity contribution in [1.29, 1.82) is 5.41 Å². The van der Waals surface area contributed by atoms with Crippen LogP contribution in [0.3, 0.4) is 0 Å². The third kappa shape index (κ3) is 3.12. The molecule has 0 bridgehead atoms. The number of amidine groups is 1. The van der Waals surface area contributed by atoms with Gasteiger partial charge in [0.05, 0.1) is 29.6 Å². The van der Waals surface area contributed by atoms with Crippen molar-refractivity contribution in [3.05, 3.63) is 75.5 Å². The molecule has 30 heavy (non-hydrogen) atoms. The van der Waals surface area contributed by atoms with Gasteiger partial charge in [0.25, 0.3) is 5.70 Å². The molecular weight excluding hydrogens is 386 g/mol. The molecule has 2 aliphatic rings. The van der Waals surface area contributed by atoms with E-state index < -0.39 is 16.8 Å². The highest BCUT2D eigenvalue weighted by Gasteiger charge is 2.51. The van der Waals surface area contributed by atoms with Gasteiger partial charge in [-0.25, -0.2) is 0 Å². The zero-order chi connectivity index (χ0) is 21.4. The van der Waals surface area contributed by atoms with E-state index >= 15 is 0 Å². The number of fused-ring (bicyclic) bond motifs is 1. The number of nitrogens with zero attached hydrogens (tertiary/aromatic N) is 3. The van der Waals surface area contributed by atoms with E-state index in [1.165, 1.54) is 0 Å². The van der Waals surface area contributed by atoms with E-state index in [0.717, 1.165) is 6.42 Å². The summed E-state index contributed by atoms with van der Waals surface area (Å²) < 4.78 is 6.89. The maximum Gasteiger partial charge on any atom is 0.294 e. The second kappa shape index (κ2) is 7.66. The Morgan fingerprint density at radius 3 is 2.63 bits per heavy atom. The maximum atomic E-state index is 13.6. The number of hydrogen-bond acceptors (Lipinski definition) is 6. The average molecular weight is 409 g/mol. The van der Waals surface area contributed by atoms with Gasteiger partial charge in [0.2, 0.25) is 0 Å². The largest absolute Gasteiger partial charge is 0.497 e. The van der Waals surface area contributed by atoms with Crippen LogP contribution in [0.5, 0.6) is 5.75 Å². The highest BCUT2D eigenvalue weighted by Crippen LogP contribution is 2.42.